The van der Waals surface area contributed by atoms with Gasteiger partial charge in [-0.15, -0.1) is 0 Å². The highest BCUT2D eigenvalue weighted by molar-refractivity contribution is 5.59. The van der Waals surface area contributed by atoms with E-state index in [9.17, 15) is 0 Å². The molecule has 9 nitrogen and oxygen atoms in total. The van der Waals surface area contributed by atoms with Crippen LogP contribution < -0.4 is 15.0 Å². The summed E-state index contributed by atoms with van der Waals surface area (Å²) in [6.07, 6.45) is 2.41. The second kappa shape index (κ2) is 10.4. The van der Waals surface area contributed by atoms with Crippen LogP contribution in [-0.4, -0.2) is 45.1 Å². The number of hydrogen-bond donors (Lipinski definition) is 1. The molecule has 170 valence electrons. The third kappa shape index (κ3) is 5.42. The van der Waals surface area contributed by atoms with E-state index in [0.717, 1.165) is 17.5 Å². The lowest BCUT2D eigenvalue weighted by molar-refractivity contribution is 0.379. The number of aromatic nitrogens is 5. The molecule has 0 aliphatic rings. The second-order valence-corrected chi connectivity index (χ2v) is 7.67. The molecule has 1 atom stereocenters. The summed E-state index contributed by atoms with van der Waals surface area (Å²) in [5.74, 6) is 2.01. The van der Waals surface area contributed by atoms with Gasteiger partial charge >= 0.3 is 6.01 Å². The number of ether oxygens (including phenoxy) is 1. The van der Waals surface area contributed by atoms with Crippen molar-refractivity contribution in [3.8, 4) is 23.5 Å². The quantitative estimate of drug-likeness (QED) is 0.423. The summed E-state index contributed by atoms with van der Waals surface area (Å²) >= 11 is 0. The van der Waals surface area contributed by atoms with Crippen molar-refractivity contribution in [3.05, 3.63) is 78.0 Å². The normalized spacial score (nSPS) is 11.4. The maximum absolute atomic E-state index is 9.11. The average Bonchev–Trinajstić information content (AvgIpc) is 2.88. The fraction of sp³-hybridized carbons (Fsp3) is 0.200. The van der Waals surface area contributed by atoms with Gasteiger partial charge in [0, 0.05) is 24.8 Å². The van der Waals surface area contributed by atoms with E-state index in [-0.39, 0.29) is 12.1 Å². The lowest BCUT2D eigenvalue weighted by Crippen LogP contribution is -2.21. The Balaban J connectivity index is 1.53. The Bertz CT molecular complexity index is 1310. The monoisotopic (exact) mass is 452 g/mol. The summed E-state index contributed by atoms with van der Waals surface area (Å²) in [5.41, 5.74) is 2.57. The third-order valence-electron chi connectivity index (χ3n) is 5.08. The van der Waals surface area contributed by atoms with Gasteiger partial charge < -0.3 is 10.1 Å². The predicted octanol–water partition coefficient (Wildman–Crippen LogP) is 4.02. The SMILES string of the molecule is COc1nc(-c2ccccc2)nc(N(C)c2ccnc(NC(C)Cc3cccc(C#N)c3)n2)n1. The maximum atomic E-state index is 9.11. The van der Waals surface area contributed by atoms with Crippen LogP contribution in [0.4, 0.5) is 17.7 Å². The molecule has 9 heteroatoms. The molecule has 2 aromatic heterocycles. The highest BCUT2D eigenvalue weighted by Gasteiger charge is 2.16. The van der Waals surface area contributed by atoms with Gasteiger partial charge in [0.15, 0.2) is 5.82 Å². The Labute approximate surface area is 198 Å². The van der Waals surface area contributed by atoms with Gasteiger partial charge in [-0.05, 0) is 37.1 Å². The fourth-order valence-electron chi connectivity index (χ4n) is 3.40. The third-order valence-corrected chi connectivity index (χ3v) is 5.08. The minimum absolute atomic E-state index is 0.0523. The number of nitriles is 1. The molecule has 0 fully saturated rings. The topological polar surface area (TPSA) is 113 Å². The first-order valence-electron chi connectivity index (χ1n) is 10.7. The molecular formula is C25H24N8O. The van der Waals surface area contributed by atoms with Crippen molar-refractivity contribution in [2.45, 2.75) is 19.4 Å². The Morgan fingerprint density at radius 1 is 1.03 bits per heavy atom. The van der Waals surface area contributed by atoms with Gasteiger partial charge in [0.05, 0.1) is 18.7 Å². The standard InChI is InChI=1S/C25H24N8O/c1-17(14-18-8-7-9-19(15-18)16-26)28-23-27-13-12-21(29-23)33(2)24-30-22(31-25(32-24)34-3)20-10-5-4-6-11-20/h4-13,15,17H,14H2,1-3H3,(H,27,28,29). The Hall–Kier alpha value is -4.58. The Morgan fingerprint density at radius 2 is 1.85 bits per heavy atom. The van der Waals surface area contributed by atoms with Gasteiger partial charge in [-0.25, -0.2) is 4.98 Å². The van der Waals surface area contributed by atoms with Crippen molar-refractivity contribution in [1.29, 1.82) is 5.26 Å². The summed E-state index contributed by atoms with van der Waals surface area (Å²) in [6, 6.07) is 21.4. The van der Waals surface area contributed by atoms with Gasteiger partial charge in [-0.1, -0.05) is 42.5 Å². The van der Waals surface area contributed by atoms with Crippen LogP contribution in [0.2, 0.25) is 0 Å². The molecule has 0 radical (unpaired) electrons. The zero-order valence-electron chi connectivity index (χ0n) is 19.2. The number of anilines is 3. The van der Waals surface area contributed by atoms with E-state index in [1.54, 1.807) is 23.2 Å². The van der Waals surface area contributed by atoms with Crippen LogP contribution in [0, 0.1) is 11.3 Å². The maximum Gasteiger partial charge on any atom is 0.321 e. The van der Waals surface area contributed by atoms with Crippen molar-refractivity contribution >= 4 is 17.7 Å². The number of nitrogens with zero attached hydrogens (tertiary/aromatic N) is 7. The number of hydrogen-bond acceptors (Lipinski definition) is 9. The minimum Gasteiger partial charge on any atom is -0.467 e. The molecule has 4 aromatic rings. The molecule has 0 amide bonds. The summed E-state index contributed by atoms with van der Waals surface area (Å²) in [7, 11) is 3.35. The fourth-order valence-corrected chi connectivity index (χ4v) is 3.40. The first kappa shape index (κ1) is 22.6. The lowest BCUT2D eigenvalue weighted by Gasteiger charge is -2.19. The van der Waals surface area contributed by atoms with E-state index in [2.05, 4.69) is 36.3 Å². The molecule has 0 saturated heterocycles. The summed E-state index contributed by atoms with van der Waals surface area (Å²) in [6.45, 7) is 2.04. The van der Waals surface area contributed by atoms with E-state index in [1.807, 2.05) is 62.5 Å². The van der Waals surface area contributed by atoms with E-state index >= 15 is 0 Å². The van der Waals surface area contributed by atoms with Gasteiger partial charge in [0.2, 0.25) is 11.9 Å². The average molecular weight is 453 g/mol. The molecule has 0 spiro atoms. The molecule has 0 aliphatic heterocycles. The van der Waals surface area contributed by atoms with E-state index in [0.29, 0.717) is 29.1 Å². The Kier molecular flexibility index (Phi) is 6.89. The minimum atomic E-state index is 0.0523. The smallest absolute Gasteiger partial charge is 0.321 e. The van der Waals surface area contributed by atoms with Gasteiger partial charge in [-0.2, -0.15) is 25.2 Å². The van der Waals surface area contributed by atoms with Crippen molar-refractivity contribution < 1.29 is 4.74 Å². The lowest BCUT2D eigenvalue weighted by atomic mass is 10.0. The molecule has 2 heterocycles. The number of methoxy groups -OCH3 is 1. The zero-order chi connectivity index (χ0) is 23.9. The van der Waals surface area contributed by atoms with E-state index in [4.69, 9.17) is 10.00 Å². The highest BCUT2D eigenvalue weighted by Crippen LogP contribution is 2.24. The van der Waals surface area contributed by atoms with Crippen molar-refractivity contribution in [2.75, 3.05) is 24.4 Å². The first-order chi connectivity index (χ1) is 16.6. The summed E-state index contributed by atoms with van der Waals surface area (Å²) in [4.78, 5) is 24.1. The van der Waals surface area contributed by atoms with Gasteiger partial charge in [0.1, 0.15) is 5.82 Å². The van der Waals surface area contributed by atoms with Crippen molar-refractivity contribution in [3.63, 3.8) is 0 Å². The number of rotatable bonds is 8. The molecule has 1 unspecified atom stereocenters. The van der Waals surface area contributed by atoms with Crippen LogP contribution in [0.3, 0.4) is 0 Å². The molecule has 0 bridgehead atoms. The number of nitrogens with one attached hydrogen (secondary N) is 1. The zero-order valence-corrected chi connectivity index (χ0v) is 19.2. The molecule has 0 aliphatic carbocycles. The summed E-state index contributed by atoms with van der Waals surface area (Å²) in [5, 5.41) is 12.4. The predicted molar refractivity (Wildman–Crippen MR) is 130 cm³/mol. The Morgan fingerprint density at radius 3 is 2.62 bits per heavy atom. The highest BCUT2D eigenvalue weighted by atomic mass is 16.5. The van der Waals surface area contributed by atoms with Gasteiger partial charge in [0.25, 0.3) is 0 Å². The molecule has 34 heavy (non-hydrogen) atoms. The molecule has 0 saturated carbocycles. The van der Waals surface area contributed by atoms with Crippen molar-refractivity contribution in [1.82, 2.24) is 24.9 Å². The first-order valence-corrected chi connectivity index (χ1v) is 10.7. The molecule has 2 aromatic carbocycles. The molecule has 1 N–H and O–H groups in total. The van der Waals surface area contributed by atoms with Crippen LogP contribution >= 0.6 is 0 Å². The van der Waals surface area contributed by atoms with Crippen molar-refractivity contribution in [2.24, 2.45) is 0 Å². The second-order valence-electron chi connectivity index (χ2n) is 7.67. The van der Waals surface area contributed by atoms with Crippen LogP contribution in [0.1, 0.15) is 18.1 Å². The molecular weight excluding hydrogens is 428 g/mol. The van der Waals surface area contributed by atoms with Crippen LogP contribution in [0.5, 0.6) is 6.01 Å². The summed E-state index contributed by atoms with van der Waals surface area (Å²) < 4.78 is 5.30. The van der Waals surface area contributed by atoms with Crippen LogP contribution in [0.15, 0.2) is 66.9 Å². The van der Waals surface area contributed by atoms with Crippen LogP contribution in [0.25, 0.3) is 11.4 Å². The largest absolute Gasteiger partial charge is 0.467 e. The molecule has 4 rings (SSSR count). The van der Waals surface area contributed by atoms with E-state index in [1.165, 1.54) is 7.11 Å². The number of benzene rings is 2. The van der Waals surface area contributed by atoms with Crippen LogP contribution in [-0.2, 0) is 6.42 Å². The van der Waals surface area contributed by atoms with Gasteiger partial charge in [-0.3, -0.25) is 4.90 Å². The van der Waals surface area contributed by atoms with E-state index < -0.39 is 0 Å².